The van der Waals surface area contributed by atoms with E-state index in [0.717, 1.165) is 18.4 Å². The summed E-state index contributed by atoms with van der Waals surface area (Å²) in [5, 5.41) is 8.88. The van der Waals surface area contributed by atoms with Crippen LogP contribution in [0.15, 0.2) is 24.3 Å². The van der Waals surface area contributed by atoms with Gasteiger partial charge in [-0.15, -0.1) is 0 Å². The Morgan fingerprint density at radius 1 is 1.40 bits per heavy atom. The van der Waals surface area contributed by atoms with Crippen LogP contribution in [0.25, 0.3) is 0 Å². The van der Waals surface area contributed by atoms with Gasteiger partial charge in [0.2, 0.25) is 0 Å². The summed E-state index contributed by atoms with van der Waals surface area (Å²) >= 11 is 0. The molecule has 0 heterocycles. The maximum atomic E-state index is 8.88. The fourth-order valence-corrected chi connectivity index (χ4v) is 1.48. The summed E-state index contributed by atoms with van der Waals surface area (Å²) in [6.45, 7) is 4.74. The highest BCUT2D eigenvalue weighted by Gasteiger charge is 2.04. The Morgan fingerprint density at radius 2 is 2.13 bits per heavy atom. The Labute approximate surface area is 91.5 Å². The molecule has 0 fully saturated rings. The van der Waals surface area contributed by atoms with E-state index in [1.807, 2.05) is 24.3 Å². The van der Waals surface area contributed by atoms with Crippen LogP contribution in [0.5, 0.6) is 0 Å². The minimum absolute atomic E-state index is 0.266. The quantitative estimate of drug-likeness (QED) is 0.735. The molecule has 1 unspecified atom stereocenters. The summed E-state index contributed by atoms with van der Waals surface area (Å²) in [5.74, 6) is 0. The van der Waals surface area contributed by atoms with Gasteiger partial charge in [0.05, 0.1) is 24.3 Å². The molecule has 0 aliphatic carbocycles. The Morgan fingerprint density at radius 3 is 2.80 bits per heavy atom. The van der Waals surface area contributed by atoms with Crippen molar-refractivity contribution in [2.24, 2.45) is 0 Å². The second kappa shape index (κ2) is 6.21. The summed E-state index contributed by atoms with van der Waals surface area (Å²) in [5.41, 5.74) is 1.68. The molecule has 1 aromatic carbocycles. The van der Waals surface area contributed by atoms with Crippen LogP contribution in [0.3, 0.4) is 0 Å². The highest BCUT2D eigenvalue weighted by atomic mass is 16.5. The monoisotopic (exact) mass is 203 g/mol. The molecule has 0 spiro atoms. The van der Waals surface area contributed by atoms with Gasteiger partial charge in [-0.25, -0.2) is 0 Å². The average Bonchev–Trinajstić information content (AvgIpc) is 2.27. The summed E-state index contributed by atoms with van der Waals surface area (Å²) in [6, 6.07) is 9.74. The molecule has 0 aliphatic heterocycles. The lowest BCUT2D eigenvalue weighted by Gasteiger charge is -2.12. The van der Waals surface area contributed by atoms with Crippen molar-refractivity contribution in [2.75, 3.05) is 0 Å². The van der Waals surface area contributed by atoms with Crippen LogP contribution < -0.4 is 0 Å². The van der Waals surface area contributed by atoms with Crippen LogP contribution in [0.4, 0.5) is 0 Å². The van der Waals surface area contributed by atoms with Crippen LogP contribution in [0.1, 0.15) is 37.8 Å². The molecule has 1 aromatic rings. The van der Waals surface area contributed by atoms with Gasteiger partial charge in [0.25, 0.3) is 0 Å². The molecular weight excluding hydrogens is 186 g/mol. The number of nitriles is 1. The Kier molecular flexibility index (Phi) is 4.86. The van der Waals surface area contributed by atoms with Crippen molar-refractivity contribution in [1.82, 2.24) is 0 Å². The predicted molar refractivity (Wildman–Crippen MR) is 60.3 cm³/mol. The zero-order valence-corrected chi connectivity index (χ0v) is 9.36. The molecule has 1 atom stereocenters. The third kappa shape index (κ3) is 3.73. The maximum absolute atomic E-state index is 8.88. The van der Waals surface area contributed by atoms with Gasteiger partial charge >= 0.3 is 0 Å². The van der Waals surface area contributed by atoms with Crippen LogP contribution in [0.2, 0.25) is 0 Å². The second-order valence-electron chi connectivity index (χ2n) is 3.68. The average molecular weight is 203 g/mol. The maximum Gasteiger partial charge on any atom is 0.0995 e. The van der Waals surface area contributed by atoms with E-state index in [1.54, 1.807) is 0 Å². The van der Waals surface area contributed by atoms with E-state index in [2.05, 4.69) is 19.9 Å². The molecule has 2 heteroatoms. The number of rotatable bonds is 5. The van der Waals surface area contributed by atoms with E-state index < -0.39 is 0 Å². The number of hydrogen-bond donors (Lipinski definition) is 0. The smallest absolute Gasteiger partial charge is 0.0995 e. The molecule has 0 N–H and O–H groups in total. The lowest BCUT2D eigenvalue weighted by atomic mass is 10.1. The van der Waals surface area contributed by atoms with E-state index in [-0.39, 0.29) is 6.10 Å². The number of benzene rings is 1. The first-order valence-electron chi connectivity index (χ1n) is 5.37. The van der Waals surface area contributed by atoms with Crippen molar-refractivity contribution in [1.29, 1.82) is 5.26 Å². The highest BCUT2D eigenvalue weighted by Crippen LogP contribution is 2.11. The predicted octanol–water partition coefficient (Wildman–Crippen LogP) is 3.26. The fraction of sp³-hybridized carbons (Fsp3) is 0.462. The van der Waals surface area contributed by atoms with Gasteiger partial charge in [0, 0.05) is 0 Å². The molecule has 0 amide bonds. The van der Waals surface area contributed by atoms with E-state index >= 15 is 0 Å². The lowest BCUT2D eigenvalue weighted by Crippen LogP contribution is -2.08. The Balaban J connectivity index is 2.54. The highest BCUT2D eigenvalue weighted by molar-refractivity contribution is 5.36. The van der Waals surface area contributed by atoms with Crippen LogP contribution in [-0.4, -0.2) is 6.10 Å². The third-order valence-corrected chi connectivity index (χ3v) is 2.36. The molecule has 0 bridgehead atoms. The minimum atomic E-state index is 0.266. The van der Waals surface area contributed by atoms with Gasteiger partial charge in [0.1, 0.15) is 0 Å². The van der Waals surface area contributed by atoms with Gasteiger partial charge in [0.15, 0.2) is 0 Å². The SMILES string of the molecule is CCCC(C)OCc1ccccc1C#N. The molecule has 2 nitrogen and oxygen atoms in total. The first-order chi connectivity index (χ1) is 7.27. The van der Waals surface area contributed by atoms with Crippen molar-refractivity contribution in [3.63, 3.8) is 0 Å². The summed E-state index contributed by atoms with van der Waals surface area (Å²) in [4.78, 5) is 0. The van der Waals surface area contributed by atoms with Gasteiger partial charge in [-0.2, -0.15) is 5.26 Å². The zero-order chi connectivity index (χ0) is 11.1. The topological polar surface area (TPSA) is 33.0 Å². The van der Waals surface area contributed by atoms with Gasteiger partial charge < -0.3 is 4.74 Å². The van der Waals surface area contributed by atoms with Crippen LogP contribution in [-0.2, 0) is 11.3 Å². The van der Waals surface area contributed by atoms with Gasteiger partial charge in [-0.05, 0) is 25.0 Å². The van der Waals surface area contributed by atoms with Crippen molar-refractivity contribution < 1.29 is 4.74 Å². The molecule has 0 aromatic heterocycles. The Hall–Kier alpha value is -1.33. The van der Waals surface area contributed by atoms with Crippen molar-refractivity contribution in [3.8, 4) is 6.07 Å². The molecule has 80 valence electrons. The molecular formula is C13H17NO. The van der Waals surface area contributed by atoms with E-state index in [4.69, 9.17) is 10.00 Å². The summed E-state index contributed by atoms with van der Waals surface area (Å²) in [7, 11) is 0. The van der Waals surface area contributed by atoms with E-state index in [1.165, 1.54) is 0 Å². The molecule has 0 saturated heterocycles. The van der Waals surface area contributed by atoms with Crippen molar-refractivity contribution in [2.45, 2.75) is 39.4 Å². The second-order valence-corrected chi connectivity index (χ2v) is 3.68. The van der Waals surface area contributed by atoms with Crippen LogP contribution in [0, 0.1) is 11.3 Å². The summed E-state index contributed by atoms with van der Waals surface area (Å²) in [6.07, 6.45) is 2.46. The molecule has 15 heavy (non-hydrogen) atoms. The van der Waals surface area contributed by atoms with Gasteiger partial charge in [-0.3, -0.25) is 0 Å². The molecule has 0 aliphatic rings. The van der Waals surface area contributed by atoms with Crippen molar-refractivity contribution in [3.05, 3.63) is 35.4 Å². The first kappa shape index (κ1) is 11.7. The standard InChI is InChI=1S/C13H17NO/c1-3-6-11(2)15-10-13-8-5-4-7-12(13)9-14/h4-5,7-8,11H,3,6,10H2,1-2H3. The van der Waals surface area contributed by atoms with Crippen LogP contribution >= 0.6 is 0 Å². The molecule has 0 radical (unpaired) electrons. The first-order valence-corrected chi connectivity index (χ1v) is 5.37. The van der Waals surface area contributed by atoms with E-state index in [0.29, 0.717) is 12.2 Å². The van der Waals surface area contributed by atoms with Gasteiger partial charge in [-0.1, -0.05) is 31.5 Å². The molecule has 0 saturated carbocycles. The number of nitrogens with zero attached hydrogens (tertiary/aromatic N) is 1. The fourth-order valence-electron chi connectivity index (χ4n) is 1.48. The van der Waals surface area contributed by atoms with E-state index in [9.17, 15) is 0 Å². The zero-order valence-electron chi connectivity index (χ0n) is 9.36. The number of hydrogen-bond acceptors (Lipinski definition) is 2. The summed E-state index contributed by atoms with van der Waals surface area (Å²) < 4.78 is 5.66. The normalized spacial score (nSPS) is 12.1. The van der Waals surface area contributed by atoms with Crippen molar-refractivity contribution >= 4 is 0 Å². The number of ether oxygens (including phenoxy) is 1. The third-order valence-electron chi connectivity index (χ3n) is 2.36. The minimum Gasteiger partial charge on any atom is -0.374 e. The lowest BCUT2D eigenvalue weighted by molar-refractivity contribution is 0.0470. The largest absolute Gasteiger partial charge is 0.374 e. The Bertz CT molecular complexity index is 341. The molecule has 1 rings (SSSR count).